The molecule has 0 amide bonds. The molecule has 13 aromatic carbocycles. The van der Waals surface area contributed by atoms with Gasteiger partial charge in [-0.3, -0.25) is 0 Å². The van der Waals surface area contributed by atoms with E-state index in [0.29, 0.717) is 0 Å². The van der Waals surface area contributed by atoms with Crippen LogP contribution < -0.4 is 0 Å². The normalized spacial score (nSPS) is 15.7. The largest absolute Gasteiger partial charge is 0.0894 e. The van der Waals surface area contributed by atoms with Crippen LogP contribution in [-0.2, 0) is 21.7 Å². The minimum atomic E-state index is -0.640. The van der Waals surface area contributed by atoms with Gasteiger partial charge in [0.2, 0.25) is 0 Å². The zero-order valence-corrected chi connectivity index (χ0v) is 47.9. The maximum Gasteiger partial charge on any atom is 0.0725 e. The molecule has 0 N–H and O–H groups in total. The predicted octanol–water partition coefficient (Wildman–Crippen LogP) is 20.9. The van der Waals surface area contributed by atoms with E-state index in [9.17, 15) is 0 Å². The summed E-state index contributed by atoms with van der Waals surface area (Å²) in [5.74, 6) is 0. The third-order valence-corrected chi connectivity index (χ3v) is 22.0. The van der Waals surface area contributed by atoms with E-state index >= 15 is 0 Å². The van der Waals surface area contributed by atoms with Crippen molar-refractivity contribution >= 4 is 11.8 Å². The van der Waals surface area contributed by atoms with E-state index in [4.69, 9.17) is 0 Å². The van der Waals surface area contributed by atoms with E-state index in [2.05, 4.69) is 305 Å². The average molecular weight is 1100 g/mol. The molecule has 0 atom stereocenters. The van der Waals surface area contributed by atoms with Gasteiger partial charge < -0.3 is 0 Å². The SMILES string of the molecule is CC1(C)c2ccccc2Sc2cc3c(cc21)-c1ccccc1C3(c1ccc(-c2cccc3c2-c2ccccc2C32c3ccccc3-c3ccccc32)cc1)c1ccc(-c2cccc3c2-c2ccccc2C32c3ccccc3-c3ccccc32)cc1. The van der Waals surface area contributed by atoms with Gasteiger partial charge in [-0.05, 0) is 174 Å². The monoisotopic (exact) mass is 1090 g/mol. The highest BCUT2D eigenvalue weighted by atomic mass is 32.2. The summed E-state index contributed by atoms with van der Waals surface area (Å²) in [4.78, 5) is 2.67. The van der Waals surface area contributed by atoms with Crippen LogP contribution in [0.3, 0.4) is 0 Å². The Balaban J connectivity index is 0.814. The summed E-state index contributed by atoms with van der Waals surface area (Å²) in [6.45, 7) is 4.83. The fraction of sp³-hybridized carbons (Fsp3) is 0.0714. The standard InChI is InChI=1S/C84H54S/c1-81(2)72-37-17-18-40-77(72)85-78-50-75-64(49-76(78)81)61-25-7-10-30-65(61)82(75,53-45-41-51(42-46-53)55-28-19-38-73-79(55)62-26-8-15-35-70(62)83(73)66-31-11-3-21-57(66)58-22-4-12-32-67(58)83)54-47-43-52(44-48-54)56-29-20-39-74-80(56)63-27-9-16-36-71(63)84(74)68-33-13-5-23-59(68)60-24-6-14-34-69(60)84/h3-50H,1-2H3. The van der Waals surface area contributed by atoms with Crippen LogP contribution in [0.5, 0.6) is 0 Å². The van der Waals surface area contributed by atoms with Crippen molar-refractivity contribution < 1.29 is 0 Å². The minimum Gasteiger partial charge on any atom is -0.0894 e. The zero-order valence-electron chi connectivity index (χ0n) is 47.1. The van der Waals surface area contributed by atoms with Crippen molar-refractivity contribution in [2.24, 2.45) is 0 Å². The Labute approximate surface area is 500 Å². The summed E-state index contributed by atoms with van der Waals surface area (Å²) >= 11 is 1.93. The summed E-state index contributed by atoms with van der Waals surface area (Å²) in [7, 11) is 0. The van der Waals surface area contributed by atoms with Crippen molar-refractivity contribution in [2.75, 3.05) is 0 Å². The van der Waals surface area contributed by atoms with Crippen molar-refractivity contribution in [3.8, 4) is 77.9 Å². The molecule has 0 nitrogen and oxygen atoms in total. The second kappa shape index (κ2) is 16.9. The van der Waals surface area contributed by atoms with Crippen molar-refractivity contribution in [2.45, 2.75) is 45.3 Å². The summed E-state index contributed by atoms with van der Waals surface area (Å²) in [5.41, 5.74) is 35.3. The fourth-order valence-corrected chi connectivity index (χ4v) is 19.0. The third-order valence-electron chi connectivity index (χ3n) is 20.9. The molecular formula is C84H54S. The molecule has 1 heteroatoms. The minimum absolute atomic E-state index is 0.179. The maximum absolute atomic E-state index is 2.59. The summed E-state index contributed by atoms with van der Waals surface area (Å²) in [5, 5.41) is 0. The van der Waals surface area contributed by atoms with E-state index in [-0.39, 0.29) is 5.41 Å². The van der Waals surface area contributed by atoms with Crippen LogP contribution in [0.1, 0.15) is 91.7 Å². The van der Waals surface area contributed by atoms with Gasteiger partial charge in [0.1, 0.15) is 0 Å². The first-order chi connectivity index (χ1) is 41.9. The molecule has 0 bridgehead atoms. The van der Waals surface area contributed by atoms with Crippen LogP contribution >= 0.6 is 11.8 Å². The molecule has 0 fully saturated rings. The van der Waals surface area contributed by atoms with E-state index in [0.717, 1.165) is 0 Å². The Morgan fingerprint density at radius 3 is 0.953 bits per heavy atom. The van der Waals surface area contributed by atoms with Gasteiger partial charge in [-0.15, -0.1) is 0 Å². The first-order valence-electron chi connectivity index (χ1n) is 30.1. The van der Waals surface area contributed by atoms with Crippen molar-refractivity contribution in [1.29, 1.82) is 0 Å². The molecule has 19 rings (SSSR count). The van der Waals surface area contributed by atoms with Crippen LogP contribution in [0.15, 0.2) is 301 Å². The fourth-order valence-electron chi connectivity index (χ4n) is 17.6. The van der Waals surface area contributed by atoms with Crippen molar-refractivity contribution in [3.05, 3.63) is 369 Å². The highest BCUT2D eigenvalue weighted by Crippen LogP contribution is 2.67. The van der Waals surface area contributed by atoms with Crippen LogP contribution in [-0.4, -0.2) is 0 Å². The number of hydrogen-bond acceptors (Lipinski definition) is 1. The van der Waals surface area contributed by atoms with Crippen molar-refractivity contribution in [1.82, 2.24) is 0 Å². The molecule has 0 saturated carbocycles. The molecule has 13 aromatic rings. The lowest BCUT2D eigenvalue weighted by Crippen LogP contribution is -2.29. The Kier molecular flexibility index (Phi) is 9.50. The van der Waals surface area contributed by atoms with Gasteiger partial charge in [-0.2, -0.15) is 0 Å². The van der Waals surface area contributed by atoms with Crippen LogP contribution in [0.25, 0.3) is 77.9 Å². The Hall–Kier alpha value is -9.79. The van der Waals surface area contributed by atoms with Gasteiger partial charge >= 0.3 is 0 Å². The van der Waals surface area contributed by atoms with Gasteiger partial charge in [0.05, 0.1) is 16.2 Å². The summed E-state index contributed by atoms with van der Waals surface area (Å²) < 4.78 is 0. The molecular weight excluding hydrogens is 1040 g/mol. The predicted molar refractivity (Wildman–Crippen MR) is 350 cm³/mol. The summed E-state index contributed by atoms with van der Waals surface area (Å²) in [6, 6.07) is 112. The highest BCUT2D eigenvalue weighted by Gasteiger charge is 2.54. The van der Waals surface area contributed by atoms with Crippen molar-refractivity contribution in [3.63, 3.8) is 0 Å². The van der Waals surface area contributed by atoms with Gasteiger partial charge in [0, 0.05) is 15.2 Å². The van der Waals surface area contributed by atoms with E-state index in [1.165, 1.54) is 166 Å². The van der Waals surface area contributed by atoms with Gasteiger partial charge in [-0.1, -0.05) is 299 Å². The van der Waals surface area contributed by atoms with Crippen LogP contribution in [0.4, 0.5) is 0 Å². The molecule has 5 aliphatic carbocycles. The van der Waals surface area contributed by atoms with Crippen LogP contribution in [0, 0.1) is 0 Å². The number of rotatable bonds is 4. The quantitative estimate of drug-likeness (QED) is 0.169. The second-order valence-electron chi connectivity index (χ2n) is 24.8. The molecule has 0 saturated heterocycles. The average Bonchev–Trinajstić information content (AvgIpc) is 1.63. The molecule has 0 radical (unpaired) electrons. The molecule has 0 unspecified atom stereocenters. The van der Waals surface area contributed by atoms with E-state index in [1.807, 2.05) is 11.8 Å². The maximum atomic E-state index is 2.59. The van der Waals surface area contributed by atoms with Gasteiger partial charge in [-0.25, -0.2) is 0 Å². The topological polar surface area (TPSA) is 0 Å². The third kappa shape index (κ3) is 5.80. The van der Waals surface area contributed by atoms with Gasteiger partial charge in [0.15, 0.2) is 0 Å². The lowest BCUT2D eigenvalue weighted by Gasteiger charge is -2.37. The molecule has 396 valence electrons. The molecule has 2 spiro atoms. The summed E-state index contributed by atoms with van der Waals surface area (Å²) in [6.07, 6.45) is 0. The van der Waals surface area contributed by atoms with E-state index in [1.54, 1.807) is 0 Å². The first-order valence-corrected chi connectivity index (χ1v) is 30.9. The second-order valence-corrected chi connectivity index (χ2v) is 25.9. The highest BCUT2D eigenvalue weighted by molar-refractivity contribution is 7.99. The molecule has 1 heterocycles. The first kappa shape index (κ1) is 47.7. The number of hydrogen-bond donors (Lipinski definition) is 0. The smallest absolute Gasteiger partial charge is 0.0725 e. The lowest BCUT2D eigenvalue weighted by atomic mass is 9.67. The molecule has 1 aliphatic heterocycles. The number of benzene rings is 13. The Bertz CT molecular complexity index is 4740. The van der Waals surface area contributed by atoms with E-state index < -0.39 is 16.2 Å². The van der Waals surface area contributed by atoms with Gasteiger partial charge in [0.25, 0.3) is 0 Å². The lowest BCUT2D eigenvalue weighted by molar-refractivity contribution is 0.606. The molecule has 85 heavy (non-hydrogen) atoms. The zero-order chi connectivity index (χ0) is 56.0. The number of fused-ring (bicyclic) bond motifs is 25. The Morgan fingerprint density at radius 2 is 0.529 bits per heavy atom. The Morgan fingerprint density at radius 1 is 0.212 bits per heavy atom. The van der Waals surface area contributed by atoms with Crippen LogP contribution in [0.2, 0.25) is 0 Å². The molecule has 6 aliphatic rings. The molecule has 0 aromatic heterocycles.